The monoisotopic (exact) mass is 609 g/mol. The molecule has 222 valence electrons. The zero-order valence-corrected chi connectivity index (χ0v) is 24.4. The highest BCUT2D eigenvalue weighted by molar-refractivity contribution is 6.32. The smallest absolute Gasteiger partial charge is 0.328 e. The number of likely N-dealkylation sites (tertiary alicyclic amines) is 1. The van der Waals surface area contributed by atoms with Gasteiger partial charge < -0.3 is 10.8 Å². The molecule has 3 aromatic carbocycles. The van der Waals surface area contributed by atoms with Gasteiger partial charge in [0.15, 0.2) is 0 Å². The van der Waals surface area contributed by atoms with Crippen LogP contribution in [-0.2, 0) is 24.6 Å². The van der Waals surface area contributed by atoms with E-state index in [0.717, 1.165) is 4.90 Å². The van der Waals surface area contributed by atoms with Crippen LogP contribution in [0.4, 0.5) is 10.5 Å². The van der Waals surface area contributed by atoms with Gasteiger partial charge in [-0.2, -0.15) is 4.90 Å². The van der Waals surface area contributed by atoms with Gasteiger partial charge in [-0.05, 0) is 55.0 Å². The lowest BCUT2D eigenvalue weighted by Gasteiger charge is -2.50. The number of imide groups is 4. The van der Waals surface area contributed by atoms with Crippen molar-refractivity contribution in [3.8, 4) is 5.75 Å². The fourth-order valence-electron chi connectivity index (χ4n) is 8.22. The number of rotatable bonds is 3. The average molecular weight is 610 g/mol. The summed E-state index contributed by atoms with van der Waals surface area (Å²) in [4.78, 5) is 70.4. The molecule has 10 heteroatoms. The van der Waals surface area contributed by atoms with Crippen LogP contribution in [0, 0.1) is 30.6 Å². The van der Waals surface area contributed by atoms with Gasteiger partial charge in [0.05, 0.1) is 28.9 Å². The van der Waals surface area contributed by atoms with Gasteiger partial charge in [-0.1, -0.05) is 77.8 Å². The molecular formula is C34H28ClN3O6. The number of aromatic hydroxyl groups is 1. The highest BCUT2D eigenvalue weighted by Gasteiger charge is 2.70. The van der Waals surface area contributed by atoms with E-state index in [0.29, 0.717) is 37.9 Å². The molecule has 44 heavy (non-hydrogen) atoms. The summed E-state index contributed by atoms with van der Waals surface area (Å²) in [6.45, 7) is 1.75. The number of carbonyl (C=O) groups is 5. The normalized spacial score (nSPS) is 29.3. The second kappa shape index (κ2) is 9.89. The number of allylic oxidation sites excluding steroid dienone is 2. The molecule has 0 spiro atoms. The van der Waals surface area contributed by atoms with Gasteiger partial charge in [0.1, 0.15) is 5.75 Å². The van der Waals surface area contributed by atoms with Crippen LogP contribution in [0.1, 0.15) is 35.4 Å². The molecule has 6 amide bonds. The SMILES string of the molecule is Cc1cccc(C2C3=CCC4C(=O)N(C(N)=O)C(=O)C4C3CC3C(=O)N(c4cccc(Cl)c4)C(=O)C32c2ccccc2)c1O. The predicted molar refractivity (Wildman–Crippen MR) is 160 cm³/mol. The molecule has 2 aliphatic heterocycles. The number of nitrogens with two attached hydrogens (primary N) is 1. The quantitative estimate of drug-likeness (QED) is 0.329. The number of hydrogen-bond acceptors (Lipinski definition) is 6. The van der Waals surface area contributed by atoms with E-state index in [4.69, 9.17) is 17.3 Å². The van der Waals surface area contributed by atoms with Gasteiger partial charge in [-0.3, -0.25) is 19.2 Å². The molecule has 6 unspecified atom stereocenters. The Balaban J connectivity index is 1.52. The van der Waals surface area contributed by atoms with E-state index < -0.39 is 64.7 Å². The van der Waals surface area contributed by atoms with Gasteiger partial charge in [0.25, 0.3) is 0 Å². The maximum atomic E-state index is 15.1. The van der Waals surface area contributed by atoms with E-state index in [1.807, 2.05) is 24.3 Å². The van der Waals surface area contributed by atoms with Crippen LogP contribution >= 0.6 is 11.6 Å². The Bertz CT molecular complexity index is 1820. The third kappa shape index (κ3) is 3.62. The lowest BCUT2D eigenvalue weighted by atomic mass is 9.49. The van der Waals surface area contributed by atoms with Crippen LogP contribution in [-0.4, -0.2) is 39.7 Å². The number of aryl methyl sites for hydroxylation is 1. The summed E-state index contributed by atoms with van der Waals surface area (Å²) in [5, 5.41) is 11.9. The van der Waals surface area contributed by atoms with Crippen molar-refractivity contribution in [1.82, 2.24) is 4.90 Å². The zero-order chi connectivity index (χ0) is 31.1. The third-order valence-electron chi connectivity index (χ3n) is 9.97. The zero-order valence-electron chi connectivity index (χ0n) is 23.6. The van der Waals surface area contributed by atoms with Crippen molar-refractivity contribution in [2.24, 2.45) is 29.4 Å². The molecule has 4 aliphatic rings. The molecule has 2 aliphatic carbocycles. The van der Waals surface area contributed by atoms with E-state index in [9.17, 15) is 24.3 Å². The van der Waals surface area contributed by atoms with Gasteiger partial charge >= 0.3 is 6.03 Å². The Morgan fingerprint density at radius 3 is 2.36 bits per heavy atom. The Kier molecular flexibility index (Phi) is 6.30. The Morgan fingerprint density at radius 1 is 0.932 bits per heavy atom. The van der Waals surface area contributed by atoms with Crippen molar-refractivity contribution < 1.29 is 29.1 Å². The number of halogens is 1. The molecule has 0 aromatic heterocycles. The molecule has 0 radical (unpaired) electrons. The molecule has 9 nitrogen and oxygen atoms in total. The maximum Gasteiger partial charge on any atom is 0.328 e. The molecule has 3 aromatic rings. The molecule has 2 heterocycles. The number of phenols is 1. The first kappa shape index (κ1) is 28.0. The minimum atomic E-state index is -1.50. The number of urea groups is 1. The molecule has 3 fully saturated rings. The van der Waals surface area contributed by atoms with Crippen LogP contribution in [0.2, 0.25) is 5.02 Å². The highest BCUT2D eigenvalue weighted by Crippen LogP contribution is 2.65. The number of nitrogens with zero attached hydrogens (tertiary/aromatic N) is 2. The molecule has 0 bridgehead atoms. The predicted octanol–water partition coefficient (Wildman–Crippen LogP) is 4.60. The molecule has 7 rings (SSSR count). The Morgan fingerprint density at radius 2 is 1.66 bits per heavy atom. The lowest BCUT2D eigenvalue weighted by Crippen LogP contribution is -2.53. The van der Waals surface area contributed by atoms with Crippen molar-refractivity contribution >= 4 is 46.9 Å². The number of primary amides is 1. The fraction of sp³-hybridized carbons (Fsp3) is 0.265. The molecule has 3 N–H and O–H groups in total. The lowest BCUT2D eigenvalue weighted by molar-refractivity contribution is -0.136. The van der Waals surface area contributed by atoms with Crippen LogP contribution in [0.5, 0.6) is 5.75 Å². The first-order valence-corrected chi connectivity index (χ1v) is 14.8. The second-order valence-corrected chi connectivity index (χ2v) is 12.4. The molecular weight excluding hydrogens is 582 g/mol. The molecule has 2 saturated heterocycles. The number of amides is 6. The number of benzene rings is 3. The van der Waals surface area contributed by atoms with Gasteiger partial charge in [0, 0.05) is 16.5 Å². The van der Waals surface area contributed by atoms with Crippen LogP contribution in [0.3, 0.4) is 0 Å². The van der Waals surface area contributed by atoms with Crippen molar-refractivity contribution in [1.29, 1.82) is 0 Å². The average Bonchev–Trinajstić information content (AvgIpc) is 3.40. The summed E-state index contributed by atoms with van der Waals surface area (Å²) < 4.78 is 0. The van der Waals surface area contributed by atoms with Crippen LogP contribution in [0.25, 0.3) is 0 Å². The minimum Gasteiger partial charge on any atom is -0.507 e. The van der Waals surface area contributed by atoms with E-state index in [1.165, 1.54) is 0 Å². The number of hydrogen-bond donors (Lipinski definition) is 2. The standard InChI is InChI=1S/C34H28ClN3O6/c1-17-7-5-12-23(28(17)39)27-21-13-14-22-26(31(42)38(29(22)40)33(36)44)24(21)16-25-30(41)37(20-11-6-10-19(35)15-20)32(43)34(25,27)18-8-3-2-4-9-18/h2-13,15,22,24-27,39H,14,16H2,1H3,(H2,36,44). The first-order valence-electron chi connectivity index (χ1n) is 14.4. The number of fused-ring (bicyclic) bond motifs is 4. The summed E-state index contributed by atoms with van der Waals surface area (Å²) in [5.41, 5.74) is 6.54. The van der Waals surface area contributed by atoms with Gasteiger partial charge in [-0.25, -0.2) is 9.69 Å². The van der Waals surface area contributed by atoms with Crippen LogP contribution in [0.15, 0.2) is 84.4 Å². The molecule has 6 atom stereocenters. The topological polar surface area (TPSA) is 138 Å². The maximum absolute atomic E-state index is 15.1. The van der Waals surface area contributed by atoms with E-state index in [-0.39, 0.29) is 18.6 Å². The van der Waals surface area contributed by atoms with Crippen LogP contribution < -0.4 is 10.6 Å². The second-order valence-electron chi connectivity index (χ2n) is 12.0. The minimum absolute atomic E-state index is 0.0238. The number of anilines is 1. The Labute approximate surface area is 257 Å². The van der Waals surface area contributed by atoms with Crippen molar-refractivity contribution in [3.05, 3.63) is 106 Å². The number of phenolic OH excluding ortho intramolecular Hbond substituents is 1. The first-order chi connectivity index (χ1) is 21.1. The Hall–Kier alpha value is -4.76. The van der Waals surface area contributed by atoms with E-state index >= 15 is 4.79 Å². The molecule has 1 saturated carbocycles. The van der Waals surface area contributed by atoms with E-state index in [1.54, 1.807) is 61.5 Å². The highest BCUT2D eigenvalue weighted by atomic mass is 35.5. The number of para-hydroxylation sites is 1. The van der Waals surface area contributed by atoms with Crippen molar-refractivity contribution in [2.75, 3.05) is 4.90 Å². The summed E-state index contributed by atoms with van der Waals surface area (Å²) in [6, 6.07) is 19.7. The summed E-state index contributed by atoms with van der Waals surface area (Å²) in [5.74, 6) is -6.62. The third-order valence-corrected chi connectivity index (χ3v) is 10.2. The summed E-state index contributed by atoms with van der Waals surface area (Å²) in [6.07, 6.45) is 2.07. The summed E-state index contributed by atoms with van der Waals surface area (Å²) in [7, 11) is 0. The number of carbonyl (C=O) groups excluding carboxylic acids is 5. The van der Waals surface area contributed by atoms with Crippen molar-refractivity contribution in [3.63, 3.8) is 0 Å². The van der Waals surface area contributed by atoms with Crippen molar-refractivity contribution in [2.45, 2.75) is 31.1 Å². The summed E-state index contributed by atoms with van der Waals surface area (Å²) >= 11 is 6.31. The fourth-order valence-corrected chi connectivity index (χ4v) is 8.40. The largest absolute Gasteiger partial charge is 0.507 e. The van der Waals surface area contributed by atoms with Gasteiger partial charge in [-0.15, -0.1) is 0 Å². The van der Waals surface area contributed by atoms with Gasteiger partial charge in [0.2, 0.25) is 23.6 Å². The van der Waals surface area contributed by atoms with E-state index in [2.05, 4.69) is 0 Å².